The molecule has 8 heteroatoms. The van der Waals surface area contributed by atoms with Crippen LogP contribution in [-0.4, -0.2) is 35.1 Å². The van der Waals surface area contributed by atoms with Gasteiger partial charge in [0.15, 0.2) is 0 Å². The Labute approximate surface area is 125 Å². The number of carbonyl (C=O) groups is 2. The van der Waals surface area contributed by atoms with Gasteiger partial charge >= 0.3 is 11.9 Å². The van der Waals surface area contributed by atoms with Gasteiger partial charge in [-0.1, -0.05) is 30.3 Å². The highest BCUT2D eigenvalue weighted by atomic mass is 32.2. The third-order valence-corrected chi connectivity index (χ3v) is 3.86. The zero-order valence-corrected chi connectivity index (χ0v) is 11.7. The van der Waals surface area contributed by atoms with Crippen molar-refractivity contribution in [3.05, 3.63) is 53.6 Å². The lowest BCUT2D eigenvalue weighted by Gasteiger charge is -2.12. The van der Waals surface area contributed by atoms with Gasteiger partial charge in [0.25, 0.3) is 10.1 Å². The summed E-state index contributed by atoms with van der Waals surface area (Å²) in [6.45, 7) is 0. The minimum atomic E-state index is -4.77. The van der Waals surface area contributed by atoms with Crippen molar-refractivity contribution in [3.8, 4) is 11.1 Å². The normalized spacial score (nSPS) is 11.1. The largest absolute Gasteiger partial charge is 0.478 e. The van der Waals surface area contributed by atoms with Crippen LogP contribution in [-0.2, 0) is 10.1 Å². The molecule has 0 aliphatic carbocycles. The highest BCUT2D eigenvalue weighted by molar-refractivity contribution is 7.86. The molecular weight excluding hydrogens is 312 g/mol. The van der Waals surface area contributed by atoms with Crippen LogP contribution < -0.4 is 0 Å². The van der Waals surface area contributed by atoms with Crippen molar-refractivity contribution in [1.29, 1.82) is 0 Å². The molecule has 0 atom stereocenters. The predicted molar refractivity (Wildman–Crippen MR) is 75.6 cm³/mol. The Morgan fingerprint density at radius 1 is 0.818 bits per heavy atom. The second-order valence-electron chi connectivity index (χ2n) is 4.31. The van der Waals surface area contributed by atoms with E-state index in [4.69, 9.17) is 4.55 Å². The molecule has 2 aromatic carbocycles. The van der Waals surface area contributed by atoms with E-state index in [1.165, 1.54) is 36.4 Å². The number of hydrogen-bond donors (Lipinski definition) is 3. The van der Waals surface area contributed by atoms with Gasteiger partial charge < -0.3 is 10.2 Å². The fourth-order valence-corrected chi connectivity index (χ4v) is 2.80. The lowest BCUT2D eigenvalue weighted by Crippen LogP contribution is -2.11. The standard InChI is InChI=1S/C14H10O7S/c15-13(16)10-5-2-1-4-8(10)9-6-3-7-11(22(19,20)21)12(9)14(17)18/h1-7H,(H,15,16)(H,17,18)(H,19,20,21). The predicted octanol–water partition coefficient (Wildman–Crippen LogP) is 2.00. The molecular formula is C14H10O7S. The molecule has 0 unspecified atom stereocenters. The molecule has 2 aromatic rings. The molecule has 7 nitrogen and oxygen atoms in total. The maximum absolute atomic E-state index is 11.4. The summed E-state index contributed by atoms with van der Waals surface area (Å²) >= 11 is 0. The molecule has 0 saturated heterocycles. The van der Waals surface area contributed by atoms with Gasteiger partial charge in [-0.15, -0.1) is 0 Å². The first-order valence-electron chi connectivity index (χ1n) is 5.90. The van der Waals surface area contributed by atoms with E-state index in [1.54, 1.807) is 0 Å². The summed E-state index contributed by atoms with van der Waals surface area (Å²) < 4.78 is 31.8. The van der Waals surface area contributed by atoms with Crippen molar-refractivity contribution in [2.45, 2.75) is 4.90 Å². The van der Waals surface area contributed by atoms with Gasteiger partial charge in [-0.3, -0.25) is 4.55 Å². The monoisotopic (exact) mass is 322 g/mol. The van der Waals surface area contributed by atoms with Crippen LogP contribution in [0.25, 0.3) is 11.1 Å². The SMILES string of the molecule is O=C(O)c1ccccc1-c1cccc(S(=O)(=O)O)c1C(=O)O. The number of hydrogen-bond acceptors (Lipinski definition) is 4. The molecule has 0 aliphatic rings. The van der Waals surface area contributed by atoms with Crippen molar-refractivity contribution >= 4 is 22.1 Å². The molecule has 0 amide bonds. The Kier molecular flexibility index (Phi) is 3.98. The van der Waals surface area contributed by atoms with Gasteiger partial charge in [-0.25, -0.2) is 9.59 Å². The zero-order chi connectivity index (χ0) is 16.5. The van der Waals surface area contributed by atoms with E-state index < -0.39 is 32.5 Å². The van der Waals surface area contributed by atoms with E-state index in [9.17, 15) is 28.2 Å². The van der Waals surface area contributed by atoms with Crippen LogP contribution in [0.3, 0.4) is 0 Å². The average molecular weight is 322 g/mol. The maximum Gasteiger partial charge on any atom is 0.337 e. The van der Waals surface area contributed by atoms with Gasteiger partial charge in [0.05, 0.1) is 11.1 Å². The molecule has 0 bridgehead atoms. The Morgan fingerprint density at radius 3 is 1.95 bits per heavy atom. The van der Waals surface area contributed by atoms with Crippen LogP contribution in [0.1, 0.15) is 20.7 Å². The lowest BCUT2D eigenvalue weighted by molar-refractivity contribution is 0.0682. The third-order valence-electron chi connectivity index (χ3n) is 2.97. The average Bonchev–Trinajstić information content (AvgIpc) is 2.45. The smallest absolute Gasteiger partial charge is 0.337 e. The summed E-state index contributed by atoms with van der Waals surface area (Å²) in [7, 11) is -4.77. The second kappa shape index (κ2) is 5.58. The molecule has 0 aliphatic heterocycles. The Bertz CT molecular complexity index is 869. The fraction of sp³-hybridized carbons (Fsp3) is 0. The molecule has 0 saturated carbocycles. The number of benzene rings is 2. The molecule has 0 fully saturated rings. The molecule has 114 valence electrons. The summed E-state index contributed by atoms with van der Waals surface area (Å²) in [5, 5.41) is 18.4. The van der Waals surface area contributed by atoms with Crippen molar-refractivity contribution in [3.63, 3.8) is 0 Å². The summed E-state index contributed by atoms with van der Waals surface area (Å²) in [6.07, 6.45) is 0. The van der Waals surface area contributed by atoms with Crippen molar-refractivity contribution in [2.24, 2.45) is 0 Å². The van der Waals surface area contributed by atoms with Gasteiger partial charge in [-0.05, 0) is 23.3 Å². The summed E-state index contributed by atoms with van der Waals surface area (Å²) in [5.41, 5.74) is -0.935. The first-order valence-corrected chi connectivity index (χ1v) is 7.34. The van der Waals surface area contributed by atoms with Crippen molar-refractivity contribution in [2.75, 3.05) is 0 Å². The second-order valence-corrected chi connectivity index (χ2v) is 5.70. The molecule has 0 heterocycles. The molecule has 2 rings (SSSR count). The minimum Gasteiger partial charge on any atom is -0.478 e. The molecule has 3 N–H and O–H groups in total. The van der Waals surface area contributed by atoms with E-state index in [-0.39, 0.29) is 16.7 Å². The number of carboxylic acid groups (broad SMARTS) is 2. The minimum absolute atomic E-state index is 0.0397. The fourth-order valence-electron chi connectivity index (χ4n) is 2.10. The number of aromatic carboxylic acids is 2. The quantitative estimate of drug-likeness (QED) is 0.734. The first kappa shape index (κ1) is 15.7. The van der Waals surface area contributed by atoms with Crippen molar-refractivity contribution < 1.29 is 32.8 Å². The van der Waals surface area contributed by atoms with E-state index in [0.29, 0.717) is 0 Å². The summed E-state index contributed by atoms with van der Waals surface area (Å²) in [5.74, 6) is -2.88. The van der Waals surface area contributed by atoms with Crippen LogP contribution in [0.15, 0.2) is 47.4 Å². The van der Waals surface area contributed by atoms with E-state index >= 15 is 0 Å². The number of rotatable bonds is 4. The van der Waals surface area contributed by atoms with E-state index in [1.807, 2.05) is 0 Å². The van der Waals surface area contributed by atoms with Gasteiger partial charge in [0, 0.05) is 0 Å². The van der Waals surface area contributed by atoms with Crippen molar-refractivity contribution in [1.82, 2.24) is 0 Å². The molecule has 22 heavy (non-hydrogen) atoms. The van der Waals surface area contributed by atoms with Crippen LogP contribution in [0.5, 0.6) is 0 Å². The highest BCUT2D eigenvalue weighted by Gasteiger charge is 2.25. The Hall–Kier alpha value is -2.71. The molecule has 0 radical (unpaired) electrons. The van der Waals surface area contributed by atoms with Crippen LogP contribution in [0.2, 0.25) is 0 Å². The number of carboxylic acids is 2. The summed E-state index contributed by atoms with van der Waals surface area (Å²) in [4.78, 5) is 21.9. The third kappa shape index (κ3) is 2.83. The Balaban J connectivity index is 2.89. The first-order chi connectivity index (χ1) is 10.2. The van der Waals surface area contributed by atoms with Gasteiger partial charge in [-0.2, -0.15) is 8.42 Å². The highest BCUT2D eigenvalue weighted by Crippen LogP contribution is 2.31. The van der Waals surface area contributed by atoms with Crippen LogP contribution >= 0.6 is 0 Å². The lowest BCUT2D eigenvalue weighted by atomic mass is 9.95. The van der Waals surface area contributed by atoms with Crippen LogP contribution in [0.4, 0.5) is 0 Å². The molecule has 0 aromatic heterocycles. The summed E-state index contributed by atoms with van der Waals surface area (Å²) in [6, 6.07) is 9.02. The topological polar surface area (TPSA) is 129 Å². The Morgan fingerprint density at radius 2 is 1.41 bits per heavy atom. The van der Waals surface area contributed by atoms with E-state index in [0.717, 1.165) is 6.07 Å². The maximum atomic E-state index is 11.4. The zero-order valence-electron chi connectivity index (χ0n) is 10.9. The van der Waals surface area contributed by atoms with Crippen LogP contribution in [0, 0.1) is 0 Å². The molecule has 0 spiro atoms. The van der Waals surface area contributed by atoms with E-state index in [2.05, 4.69) is 0 Å². The van der Waals surface area contributed by atoms with Gasteiger partial charge in [0.1, 0.15) is 4.90 Å². The van der Waals surface area contributed by atoms with Gasteiger partial charge in [0.2, 0.25) is 0 Å².